The van der Waals surface area contributed by atoms with E-state index in [1.807, 2.05) is 17.0 Å². The molecule has 2 rings (SSSR count). The van der Waals surface area contributed by atoms with Gasteiger partial charge in [0.1, 0.15) is 5.75 Å². The number of carbonyl (C=O) groups is 1. The molecule has 1 aromatic carbocycles. The van der Waals surface area contributed by atoms with Crippen molar-refractivity contribution in [1.82, 2.24) is 4.90 Å². The van der Waals surface area contributed by atoms with Crippen molar-refractivity contribution >= 4 is 5.91 Å². The van der Waals surface area contributed by atoms with Crippen LogP contribution < -0.4 is 5.73 Å². The number of phenols is 1. The summed E-state index contributed by atoms with van der Waals surface area (Å²) in [5, 5.41) is 9.25. The molecule has 20 heavy (non-hydrogen) atoms. The molecule has 0 bridgehead atoms. The van der Waals surface area contributed by atoms with Gasteiger partial charge in [0.15, 0.2) is 0 Å². The Morgan fingerprint density at radius 1 is 1.35 bits per heavy atom. The van der Waals surface area contributed by atoms with E-state index in [9.17, 15) is 9.90 Å². The number of nitrogens with zero attached hydrogens (tertiary/aromatic N) is 1. The molecule has 0 radical (unpaired) electrons. The van der Waals surface area contributed by atoms with E-state index in [2.05, 4.69) is 13.8 Å². The minimum atomic E-state index is -0.500. The number of benzene rings is 1. The number of nitrogens with two attached hydrogens (primary N) is 1. The zero-order valence-electron chi connectivity index (χ0n) is 12.2. The van der Waals surface area contributed by atoms with Crippen molar-refractivity contribution < 1.29 is 9.90 Å². The molecule has 0 spiro atoms. The molecule has 110 valence electrons. The molecule has 1 amide bonds. The van der Waals surface area contributed by atoms with Gasteiger partial charge in [-0.3, -0.25) is 4.79 Å². The highest BCUT2D eigenvalue weighted by atomic mass is 16.3. The first kappa shape index (κ1) is 14.9. The third kappa shape index (κ3) is 3.51. The Morgan fingerprint density at radius 3 is 2.60 bits per heavy atom. The smallest absolute Gasteiger partial charge is 0.239 e. The van der Waals surface area contributed by atoms with Crippen LogP contribution in [0.3, 0.4) is 0 Å². The maximum Gasteiger partial charge on any atom is 0.239 e. The lowest BCUT2D eigenvalue weighted by atomic mass is 9.88. The van der Waals surface area contributed by atoms with Crippen LogP contribution in [0, 0.1) is 11.8 Å². The SMILES string of the molecule is CC1CCN(C(=O)[C@H](N)Cc2ccc(O)cc2)CC1C. The first-order valence-corrected chi connectivity index (χ1v) is 7.29. The summed E-state index contributed by atoms with van der Waals surface area (Å²) < 4.78 is 0. The van der Waals surface area contributed by atoms with Gasteiger partial charge in [-0.25, -0.2) is 0 Å². The zero-order chi connectivity index (χ0) is 14.7. The van der Waals surface area contributed by atoms with Crippen molar-refractivity contribution in [1.29, 1.82) is 0 Å². The number of amides is 1. The average molecular weight is 276 g/mol. The second kappa shape index (κ2) is 6.27. The largest absolute Gasteiger partial charge is 0.508 e. The first-order chi connectivity index (χ1) is 9.47. The Morgan fingerprint density at radius 2 is 2.00 bits per heavy atom. The van der Waals surface area contributed by atoms with Crippen molar-refractivity contribution in [3.63, 3.8) is 0 Å². The van der Waals surface area contributed by atoms with Crippen LogP contribution in [0.2, 0.25) is 0 Å². The van der Waals surface area contributed by atoms with Crippen molar-refractivity contribution in [3.05, 3.63) is 29.8 Å². The van der Waals surface area contributed by atoms with Crippen LogP contribution in [0.5, 0.6) is 5.75 Å². The number of piperidine rings is 1. The van der Waals surface area contributed by atoms with E-state index in [0.29, 0.717) is 18.3 Å². The Balaban J connectivity index is 1.93. The number of rotatable bonds is 3. The van der Waals surface area contributed by atoms with Crippen LogP contribution in [-0.4, -0.2) is 35.0 Å². The first-order valence-electron chi connectivity index (χ1n) is 7.29. The molecule has 3 N–H and O–H groups in total. The van der Waals surface area contributed by atoms with Crippen LogP contribution in [0.25, 0.3) is 0 Å². The van der Waals surface area contributed by atoms with E-state index in [-0.39, 0.29) is 11.7 Å². The van der Waals surface area contributed by atoms with E-state index in [4.69, 9.17) is 5.73 Å². The van der Waals surface area contributed by atoms with Crippen LogP contribution in [0.4, 0.5) is 0 Å². The third-order valence-electron chi connectivity index (χ3n) is 4.35. The molecule has 1 saturated heterocycles. The standard InChI is InChI=1S/C16H24N2O2/c1-11-7-8-18(10-12(11)2)16(20)15(17)9-13-3-5-14(19)6-4-13/h3-6,11-12,15,19H,7-10,17H2,1-2H3/t11?,12?,15-/m1/s1. The van der Waals surface area contributed by atoms with Gasteiger partial charge in [-0.15, -0.1) is 0 Å². The van der Waals surface area contributed by atoms with Gasteiger partial charge in [0.2, 0.25) is 5.91 Å². The van der Waals surface area contributed by atoms with Gasteiger partial charge in [-0.2, -0.15) is 0 Å². The Kier molecular flexibility index (Phi) is 4.65. The zero-order valence-corrected chi connectivity index (χ0v) is 12.2. The van der Waals surface area contributed by atoms with E-state index in [1.54, 1.807) is 12.1 Å². The summed E-state index contributed by atoms with van der Waals surface area (Å²) in [5.74, 6) is 1.48. The number of phenolic OH excluding ortho intramolecular Hbond substituents is 1. The quantitative estimate of drug-likeness (QED) is 0.884. The van der Waals surface area contributed by atoms with Crippen molar-refractivity contribution in [2.45, 2.75) is 32.7 Å². The normalized spacial score (nSPS) is 24.4. The number of carbonyl (C=O) groups excluding carboxylic acids is 1. The average Bonchev–Trinajstić information content (AvgIpc) is 2.43. The van der Waals surface area contributed by atoms with Crippen LogP contribution in [-0.2, 0) is 11.2 Å². The monoisotopic (exact) mass is 276 g/mol. The number of hydrogen-bond donors (Lipinski definition) is 2. The number of hydrogen-bond acceptors (Lipinski definition) is 3. The fourth-order valence-electron chi connectivity index (χ4n) is 2.67. The molecule has 4 nitrogen and oxygen atoms in total. The maximum atomic E-state index is 12.4. The highest BCUT2D eigenvalue weighted by molar-refractivity contribution is 5.82. The molecule has 0 aliphatic carbocycles. The van der Waals surface area contributed by atoms with E-state index in [1.165, 1.54) is 0 Å². The highest BCUT2D eigenvalue weighted by Gasteiger charge is 2.28. The highest BCUT2D eigenvalue weighted by Crippen LogP contribution is 2.23. The lowest BCUT2D eigenvalue weighted by Crippen LogP contribution is -2.49. The molecule has 1 aliphatic rings. The van der Waals surface area contributed by atoms with Crippen LogP contribution in [0.15, 0.2) is 24.3 Å². The molecule has 0 aromatic heterocycles. The maximum absolute atomic E-state index is 12.4. The molecule has 1 aromatic rings. The van der Waals surface area contributed by atoms with E-state index < -0.39 is 6.04 Å². The van der Waals surface area contributed by atoms with Crippen LogP contribution in [0.1, 0.15) is 25.8 Å². The minimum absolute atomic E-state index is 0.0387. The topological polar surface area (TPSA) is 66.6 Å². The molecule has 1 fully saturated rings. The second-order valence-electron chi connectivity index (χ2n) is 6.00. The lowest BCUT2D eigenvalue weighted by molar-refractivity contribution is -0.134. The van der Waals surface area contributed by atoms with E-state index in [0.717, 1.165) is 25.1 Å². The Hall–Kier alpha value is -1.55. The molecule has 4 heteroatoms. The molecule has 1 aliphatic heterocycles. The second-order valence-corrected chi connectivity index (χ2v) is 6.00. The fraction of sp³-hybridized carbons (Fsp3) is 0.562. The van der Waals surface area contributed by atoms with Gasteiger partial charge in [0.25, 0.3) is 0 Å². The Labute approximate surface area is 120 Å². The third-order valence-corrected chi connectivity index (χ3v) is 4.35. The molecule has 2 unspecified atom stereocenters. The Bertz CT molecular complexity index is 458. The molecule has 1 heterocycles. The van der Waals surface area contributed by atoms with Gasteiger partial charge in [0.05, 0.1) is 6.04 Å². The summed E-state index contributed by atoms with van der Waals surface area (Å²) >= 11 is 0. The van der Waals surface area contributed by atoms with Crippen molar-refractivity contribution in [2.24, 2.45) is 17.6 Å². The lowest BCUT2D eigenvalue weighted by Gasteiger charge is -2.36. The van der Waals surface area contributed by atoms with Gasteiger partial charge in [0, 0.05) is 13.1 Å². The molecular formula is C16H24N2O2. The van der Waals surface area contributed by atoms with Gasteiger partial charge >= 0.3 is 0 Å². The predicted molar refractivity (Wildman–Crippen MR) is 79.3 cm³/mol. The number of aromatic hydroxyl groups is 1. The fourth-order valence-corrected chi connectivity index (χ4v) is 2.67. The summed E-state index contributed by atoms with van der Waals surface area (Å²) in [4.78, 5) is 14.3. The van der Waals surface area contributed by atoms with Gasteiger partial charge in [-0.1, -0.05) is 26.0 Å². The predicted octanol–water partition coefficient (Wildman–Crippen LogP) is 1.77. The van der Waals surface area contributed by atoms with Crippen molar-refractivity contribution in [2.75, 3.05) is 13.1 Å². The summed E-state index contributed by atoms with van der Waals surface area (Å²) in [5.41, 5.74) is 7.02. The van der Waals surface area contributed by atoms with Crippen molar-refractivity contribution in [3.8, 4) is 5.75 Å². The summed E-state index contributed by atoms with van der Waals surface area (Å²) in [6, 6.07) is 6.36. The molecule has 0 saturated carbocycles. The van der Waals surface area contributed by atoms with Crippen LogP contribution >= 0.6 is 0 Å². The summed E-state index contributed by atoms with van der Waals surface area (Å²) in [7, 11) is 0. The van der Waals surface area contributed by atoms with Gasteiger partial charge in [-0.05, 0) is 42.4 Å². The number of likely N-dealkylation sites (tertiary alicyclic amines) is 1. The minimum Gasteiger partial charge on any atom is -0.508 e. The molecular weight excluding hydrogens is 252 g/mol. The van der Waals surface area contributed by atoms with E-state index >= 15 is 0 Å². The summed E-state index contributed by atoms with van der Waals surface area (Å²) in [6.45, 7) is 6.05. The van der Waals surface area contributed by atoms with Gasteiger partial charge < -0.3 is 15.7 Å². The summed E-state index contributed by atoms with van der Waals surface area (Å²) in [6.07, 6.45) is 1.57. The molecule has 3 atom stereocenters.